The lowest BCUT2D eigenvalue weighted by Crippen LogP contribution is -2.46. The molecule has 0 radical (unpaired) electrons. The molecular weight excluding hydrogens is 254 g/mol. The van der Waals surface area contributed by atoms with Crippen molar-refractivity contribution >= 4 is 11.8 Å². The first kappa shape index (κ1) is 15.7. The molecule has 2 N–H and O–H groups in total. The van der Waals surface area contributed by atoms with E-state index in [9.17, 15) is 9.59 Å². The van der Waals surface area contributed by atoms with Crippen molar-refractivity contribution in [2.75, 3.05) is 6.54 Å². The summed E-state index contributed by atoms with van der Waals surface area (Å²) >= 11 is 0. The van der Waals surface area contributed by atoms with Crippen molar-refractivity contribution in [1.29, 1.82) is 5.26 Å². The molecule has 0 bridgehead atoms. The summed E-state index contributed by atoms with van der Waals surface area (Å²) in [6.07, 6.45) is 0.189. The third-order valence-corrected chi connectivity index (χ3v) is 2.41. The van der Waals surface area contributed by atoms with E-state index in [0.717, 1.165) is 5.56 Å². The number of carbonyl (C=O) groups is 2. The van der Waals surface area contributed by atoms with Gasteiger partial charge in [-0.2, -0.15) is 5.26 Å². The second-order valence-corrected chi connectivity index (χ2v) is 5.56. The number of nitriles is 1. The molecule has 0 aliphatic rings. The molecule has 0 spiro atoms. The topological polar surface area (TPSA) is 82.0 Å². The van der Waals surface area contributed by atoms with Crippen molar-refractivity contribution in [2.24, 2.45) is 0 Å². The highest BCUT2D eigenvalue weighted by Crippen LogP contribution is 2.04. The number of benzene rings is 1. The van der Waals surface area contributed by atoms with E-state index in [1.54, 1.807) is 24.3 Å². The molecule has 0 heterocycles. The van der Waals surface area contributed by atoms with Gasteiger partial charge in [-0.25, -0.2) is 0 Å². The van der Waals surface area contributed by atoms with E-state index in [4.69, 9.17) is 5.26 Å². The van der Waals surface area contributed by atoms with Gasteiger partial charge >= 0.3 is 0 Å². The minimum Gasteiger partial charge on any atom is -0.350 e. The third-order valence-electron chi connectivity index (χ3n) is 2.41. The van der Waals surface area contributed by atoms with E-state index in [2.05, 4.69) is 10.6 Å². The van der Waals surface area contributed by atoms with Gasteiger partial charge in [0.05, 0.1) is 24.6 Å². The summed E-state index contributed by atoms with van der Waals surface area (Å²) in [5.74, 6) is -0.440. The zero-order chi connectivity index (χ0) is 15.2. The minimum absolute atomic E-state index is 0.0353. The van der Waals surface area contributed by atoms with E-state index in [0.29, 0.717) is 5.56 Å². The van der Waals surface area contributed by atoms with Crippen LogP contribution in [-0.2, 0) is 16.0 Å². The Morgan fingerprint density at radius 1 is 1.15 bits per heavy atom. The maximum Gasteiger partial charge on any atom is 0.239 e. The number of nitrogens with one attached hydrogen (secondary N) is 2. The molecule has 5 nitrogen and oxygen atoms in total. The van der Waals surface area contributed by atoms with Crippen molar-refractivity contribution in [3.63, 3.8) is 0 Å². The number of hydrogen-bond acceptors (Lipinski definition) is 3. The molecule has 0 unspecified atom stereocenters. The van der Waals surface area contributed by atoms with Crippen LogP contribution in [0.2, 0.25) is 0 Å². The Morgan fingerprint density at radius 3 is 2.25 bits per heavy atom. The Balaban J connectivity index is 2.40. The highest BCUT2D eigenvalue weighted by Gasteiger charge is 2.14. The normalized spacial score (nSPS) is 10.5. The second-order valence-electron chi connectivity index (χ2n) is 5.56. The first-order valence-electron chi connectivity index (χ1n) is 6.37. The zero-order valence-corrected chi connectivity index (χ0v) is 12.0. The van der Waals surface area contributed by atoms with Crippen LogP contribution in [0.1, 0.15) is 31.9 Å². The Kier molecular flexibility index (Phi) is 5.27. The molecule has 2 amide bonds. The van der Waals surface area contributed by atoms with E-state index >= 15 is 0 Å². The molecule has 0 saturated heterocycles. The van der Waals surface area contributed by atoms with E-state index < -0.39 is 0 Å². The number of carbonyl (C=O) groups excluding carboxylic acids is 2. The molecule has 0 saturated carbocycles. The molecule has 0 atom stereocenters. The van der Waals surface area contributed by atoms with Crippen molar-refractivity contribution in [1.82, 2.24) is 10.6 Å². The molecule has 0 aliphatic heterocycles. The SMILES string of the molecule is CC(C)(C)NC(=O)CNC(=O)Cc1ccc(C#N)cc1. The first-order chi connectivity index (χ1) is 9.30. The highest BCUT2D eigenvalue weighted by atomic mass is 16.2. The number of nitrogens with zero attached hydrogens (tertiary/aromatic N) is 1. The quantitative estimate of drug-likeness (QED) is 0.862. The van der Waals surface area contributed by atoms with Gasteiger partial charge in [0.1, 0.15) is 0 Å². The van der Waals surface area contributed by atoms with Gasteiger partial charge in [-0.15, -0.1) is 0 Å². The lowest BCUT2D eigenvalue weighted by atomic mass is 10.1. The van der Waals surface area contributed by atoms with Crippen LogP contribution in [-0.4, -0.2) is 23.9 Å². The summed E-state index contributed by atoms with van der Waals surface area (Å²) in [6, 6.07) is 8.80. The van der Waals surface area contributed by atoms with Crippen LogP contribution < -0.4 is 10.6 Å². The predicted molar refractivity (Wildman–Crippen MR) is 75.8 cm³/mol. The van der Waals surface area contributed by atoms with Gasteiger partial charge in [0.25, 0.3) is 0 Å². The third kappa shape index (κ3) is 6.01. The van der Waals surface area contributed by atoms with Gasteiger partial charge in [-0.05, 0) is 38.5 Å². The number of amides is 2. The van der Waals surface area contributed by atoms with Crippen LogP contribution in [0.4, 0.5) is 0 Å². The Morgan fingerprint density at radius 2 is 1.75 bits per heavy atom. The molecule has 1 rings (SSSR count). The molecule has 0 fully saturated rings. The Hall–Kier alpha value is -2.35. The lowest BCUT2D eigenvalue weighted by Gasteiger charge is -2.20. The fraction of sp³-hybridized carbons (Fsp3) is 0.400. The van der Waals surface area contributed by atoms with Gasteiger partial charge in [0, 0.05) is 5.54 Å². The smallest absolute Gasteiger partial charge is 0.239 e. The average molecular weight is 273 g/mol. The van der Waals surface area contributed by atoms with Crippen LogP contribution in [0.3, 0.4) is 0 Å². The molecule has 106 valence electrons. The molecule has 20 heavy (non-hydrogen) atoms. The van der Waals surface area contributed by atoms with Crippen molar-refractivity contribution in [3.8, 4) is 6.07 Å². The Bertz CT molecular complexity index is 522. The average Bonchev–Trinajstić information content (AvgIpc) is 2.35. The fourth-order valence-electron chi connectivity index (χ4n) is 1.59. The molecule has 0 aromatic heterocycles. The van der Waals surface area contributed by atoms with Crippen LogP contribution >= 0.6 is 0 Å². The van der Waals surface area contributed by atoms with Gasteiger partial charge in [0.15, 0.2) is 0 Å². The zero-order valence-electron chi connectivity index (χ0n) is 12.0. The molecule has 1 aromatic rings. The minimum atomic E-state index is -0.311. The van der Waals surface area contributed by atoms with Crippen molar-refractivity contribution < 1.29 is 9.59 Å². The van der Waals surface area contributed by atoms with Crippen LogP contribution in [0, 0.1) is 11.3 Å². The van der Waals surface area contributed by atoms with Crippen LogP contribution in [0.5, 0.6) is 0 Å². The highest BCUT2D eigenvalue weighted by molar-refractivity contribution is 5.85. The predicted octanol–water partition coefficient (Wildman–Crippen LogP) is 1.13. The Labute approximate surface area is 119 Å². The van der Waals surface area contributed by atoms with Crippen LogP contribution in [0.25, 0.3) is 0 Å². The number of rotatable bonds is 4. The largest absolute Gasteiger partial charge is 0.350 e. The summed E-state index contributed by atoms with van der Waals surface area (Å²) in [5.41, 5.74) is 1.05. The number of hydrogen-bond donors (Lipinski definition) is 2. The molecule has 0 aliphatic carbocycles. The first-order valence-corrected chi connectivity index (χ1v) is 6.37. The summed E-state index contributed by atoms with van der Waals surface area (Å²) in [7, 11) is 0. The molecule has 5 heteroatoms. The maximum absolute atomic E-state index is 11.7. The van der Waals surface area contributed by atoms with Gasteiger partial charge < -0.3 is 10.6 Å². The fourth-order valence-corrected chi connectivity index (χ4v) is 1.59. The molecule has 1 aromatic carbocycles. The second kappa shape index (κ2) is 6.71. The van der Waals surface area contributed by atoms with Gasteiger partial charge in [-0.3, -0.25) is 9.59 Å². The molecular formula is C15H19N3O2. The summed E-state index contributed by atoms with van der Waals surface area (Å²) in [6.45, 7) is 5.60. The summed E-state index contributed by atoms with van der Waals surface area (Å²) in [4.78, 5) is 23.2. The maximum atomic E-state index is 11.7. The monoisotopic (exact) mass is 273 g/mol. The van der Waals surface area contributed by atoms with E-state index in [1.807, 2.05) is 26.8 Å². The van der Waals surface area contributed by atoms with Crippen LogP contribution in [0.15, 0.2) is 24.3 Å². The van der Waals surface area contributed by atoms with Crippen molar-refractivity contribution in [3.05, 3.63) is 35.4 Å². The standard InChI is InChI=1S/C15H19N3O2/c1-15(2,3)18-14(20)10-17-13(19)8-11-4-6-12(9-16)7-5-11/h4-7H,8,10H2,1-3H3,(H,17,19)(H,18,20). The van der Waals surface area contributed by atoms with Gasteiger partial charge in [-0.1, -0.05) is 12.1 Å². The summed E-state index contributed by atoms with van der Waals surface area (Å²) in [5, 5.41) is 14.0. The van der Waals surface area contributed by atoms with E-state index in [1.165, 1.54) is 0 Å². The van der Waals surface area contributed by atoms with Gasteiger partial charge in [0.2, 0.25) is 11.8 Å². The van der Waals surface area contributed by atoms with Crippen molar-refractivity contribution in [2.45, 2.75) is 32.7 Å². The summed E-state index contributed by atoms with van der Waals surface area (Å²) < 4.78 is 0. The lowest BCUT2D eigenvalue weighted by molar-refractivity contribution is -0.126. The van der Waals surface area contributed by atoms with E-state index in [-0.39, 0.29) is 30.3 Å².